The number of thiophene rings is 2. The maximum absolute atomic E-state index is 6.20. The van der Waals surface area contributed by atoms with Crippen LogP contribution in [0.3, 0.4) is 0 Å². The van der Waals surface area contributed by atoms with Gasteiger partial charge in [0.05, 0.1) is 27.9 Å². The summed E-state index contributed by atoms with van der Waals surface area (Å²) in [6, 6.07) is 99.1. The highest BCUT2D eigenvalue weighted by molar-refractivity contribution is 7.26. The number of nitrogens with zero attached hydrogens (tertiary/aromatic N) is 5. The molecule has 9 heteroatoms. The van der Waals surface area contributed by atoms with Crippen LogP contribution < -0.4 is 0 Å². The van der Waals surface area contributed by atoms with E-state index in [0.717, 1.165) is 54.0 Å². The van der Waals surface area contributed by atoms with Crippen molar-refractivity contribution >= 4 is 183 Å². The van der Waals surface area contributed by atoms with Gasteiger partial charge in [-0.3, -0.25) is 4.57 Å². The van der Waals surface area contributed by atoms with Crippen LogP contribution in [0.1, 0.15) is 14.9 Å². The summed E-state index contributed by atoms with van der Waals surface area (Å²) in [7, 11) is 0. The molecule has 6 nitrogen and oxygen atoms in total. The number of benzene rings is 14. The second kappa shape index (κ2) is 22.3. The van der Waals surface area contributed by atoms with Gasteiger partial charge < -0.3 is 4.98 Å². The van der Waals surface area contributed by atoms with Gasteiger partial charge in [-0.1, -0.05) is 258 Å². The molecule has 0 aliphatic heterocycles. The van der Waals surface area contributed by atoms with Gasteiger partial charge in [-0.25, -0.2) is 19.9 Å². The van der Waals surface area contributed by atoms with Gasteiger partial charge in [0.15, 0.2) is 0 Å². The molecule has 20 rings (SSSR count). The van der Waals surface area contributed by atoms with Crippen molar-refractivity contribution in [3.05, 3.63) is 284 Å². The number of fused-ring (bicyclic) bond motifs is 22. The molecule has 20 aromatic rings. The van der Waals surface area contributed by atoms with Crippen LogP contribution in [0.15, 0.2) is 279 Å². The fourth-order valence-electron chi connectivity index (χ4n) is 13.6. The van der Waals surface area contributed by atoms with E-state index in [1.54, 1.807) is 22.7 Å². The average molecular weight is 1220 g/mol. The Balaban J connectivity index is 0.000000119. The highest BCUT2D eigenvalue weighted by Crippen LogP contribution is 2.45. The molecule has 0 saturated heterocycles. The van der Waals surface area contributed by atoms with Gasteiger partial charge in [0, 0.05) is 79.9 Å². The quantitative estimate of drug-likeness (QED) is 0.179. The van der Waals surface area contributed by atoms with Crippen LogP contribution in [0, 0.1) is 0 Å². The second-order valence-electron chi connectivity index (χ2n) is 22.6. The molecular formula is C82H55ClN6S2. The summed E-state index contributed by atoms with van der Waals surface area (Å²) >= 11 is 9.59. The minimum absolute atomic E-state index is 0. The lowest BCUT2D eigenvalue weighted by Gasteiger charge is -2.12. The Bertz CT molecular complexity index is 6290. The van der Waals surface area contributed by atoms with Crippen LogP contribution in [0.2, 0.25) is 5.28 Å². The molecule has 91 heavy (non-hydrogen) atoms. The van der Waals surface area contributed by atoms with Gasteiger partial charge in [-0.2, -0.15) is 0 Å². The molecule has 6 heterocycles. The number of aromatic amines is 1. The zero-order valence-corrected chi connectivity index (χ0v) is 49.9. The second-order valence-corrected chi connectivity index (χ2v) is 25.0. The fraction of sp³-hybridized carbons (Fsp3) is 0.0244. The Morgan fingerprint density at radius 2 is 0.747 bits per heavy atom. The average Bonchev–Trinajstić information content (AvgIpc) is 1.58. The Kier molecular flexibility index (Phi) is 13.6. The highest BCUT2D eigenvalue weighted by atomic mass is 35.5. The first-order valence-electron chi connectivity index (χ1n) is 29.7. The molecule has 0 spiro atoms. The van der Waals surface area contributed by atoms with Crippen LogP contribution in [-0.2, 0) is 0 Å². The van der Waals surface area contributed by atoms with Gasteiger partial charge in [-0.05, 0) is 102 Å². The van der Waals surface area contributed by atoms with Gasteiger partial charge in [0.25, 0.3) is 0 Å². The molecule has 0 unspecified atom stereocenters. The number of halogens is 1. The van der Waals surface area contributed by atoms with Gasteiger partial charge >= 0.3 is 0 Å². The standard InChI is InChI=1S/C40H23N3S.C20H11ClN2S.C20H13N.2CH4/c1-2-12-27-23-28(18-17-24(27)9-1)37-36-31-15-7-8-16-34(31)44-39(36)42-40(41-37)43-33-22-20-25-10-3-5-13-29(25)35(33)32-21-19-26-11-4-6-14-30(26)38(32)43;21-20-22-18(14-10-9-12-5-1-2-6-13(12)11-14)17-15-7-3-4-8-16(15)24-19(17)23-20;1-3-7-15-13(5-1)10-12-18-19(15)17-11-9-14-6-2-4-8-16(14)20(17)21-18;;/h1-23H;1-11H;1-12,21H;2*1H4. The van der Waals surface area contributed by atoms with E-state index in [1.807, 2.05) is 18.2 Å². The van der Waals surface area contributed by atoms with Crippen LogP contribution in [-0.4, -0.2) is 29.5 Å². The Labute approximate surface area is 536 Å². The summed E-state index contributed by atoms with van der Waals surface area (Å²) in [5.74, 6) is 0.693. The summed E-state index contributed by atoms with van der Waals surface area (Å²) in [6.07, 6.45) is 0. The molecule has 14 aromatic carbocycles. The molecular weight excluding hydrogens is 1170 g/mol. The Morgan fingerprint density at radius 3 is 1.35 bits per heavy atom. The predicted octanol–water partition coefficient (Wildman–Crippen LogP) is 24.3. The Morgan fingerprint density at radius 1 is 0.319 bits per heavy atom. The van der Waals surface area contributed by atoms with Crippen molar-refractivity contribution in [1.82, 2.24) is 29.5 Å². The molecule has 1 N–H and O–H groups in total. The van der Waals surface area contributed by atoms with Crippen LogP contribution in [0.5, 0.6) is 0 Å². The summed E-state index contributed by atoms with van der Waals surface area (Å²) in [6.45, 7) is 0. The van der Waals surface area contributed by atoms with E-state index in [1.165, 1.54) is 117 Å². The third kappa shape index (κ3) is 9.13. The molecule has 0 radical (unpaired) electrons. The third-order valence-corrected chi connectivity index (χ3v) is 19.9. The first-order valence-corrected chi connectivity index (χ1v) is 31.7. The minimum atomic E-state index is 0. The largest absolute Gasteiger partial charge is 0.354 e. The third-order valence-electron chi connectivity index (χ3n) is 17.6. The lowest BCUT2D eigenvalue weighted by molar-refractivity contribution is 1.02. The zero-order chi connectivity index (χ0) is 58.7. The molecule has 0 fully saturated rings. The summed E-state index contributed by atoms with van der Waals surface area (Å²) in [4.78, 5) is 25.4. The highest BCUT2D eigenvalue weighted by Gasteiger charge is 2.23. The number of hydrogen-bond acceptors (Lipinski definition) is 6. The van der Waals surface area contributed by atoms with Gasteiger partial charge in [0.1, 0.15) is 9.66 Å². The summed E-state index contributed by atoms with van der Waals surface area (Å²) in [5.41, 5.74) is 8.71. The van der Waals surface area contributed by atoms with Gasteiger partial charge in [-0.15, -0.1) is 22.7 Å². The lowest BCUT2D eigenvalue weighted by atomic mass is 10.0. The monoisotopic (exact) mass is 1220 g/mol. The van der Waals surface area contributed by atoms with E-state index in [0.29, 0.717) is 5.95 Å². The summed E-state index contributed by atoms with van der Waals surface area (Å²) in [5, 5.41) is 24.8. The van der Waals surface area contributed by atoms with Crippen molar-refractivity contribution in [1.29, 1.82) is 0 Å². The van der Waals surface area contributed by atoms with Crippen molar-refractivity contribution in [2.45, 2.75) is 14.9 Å². The van der Waals surface area contributed by atoms with Crippen LogP contribution in [0.4, 0.5) is 0 Å². The summed E-state index contributed by atoms with van der Waals surface area (Å²) < 4.78 is 4.72. The smallest absolute Gasteiger partial charge is 0.236 e. The van der Waals surface area contributed by atoms with Crippen LogP contribution >= 0.6 is 34.3 Å². The topological polar surface area (TPSA) is 72.3 Å². The van der Waals surface area contributed by atoms with Gasteiger partial charge in [0.2, 0.25) is 11.2 Å². The minimum Gasteiger partial charge on any atom is -0.354 e. The van der Waals surface area contributed by atoms with Crippen molar-refractivity contribution < 1.29 is 0 Å². The molecule has 0 bridgehead atoms. The Hall–Kier alpha value is -10.9. The number of rotatable bonds is 3. The van der Waals surface area contributed by atoms with Crippen LogP contribution in [0.25, 0.3) is 177 Å². The first kappa shape index (κ1) is 55.4. The van der Waals surface area contributed by atoms with Crippen molar-refractivity contribution in [2.24, 2.45) is 0 Å². The maximum Gasteiger partial charge on any atom is 0.236 e. The molecule has 0 aliphatic rings. The first-order chi connectivity index (χ1) is 44.0. The molecule has 0 aliphatic carbocycles. The number of H-pyrrole nitrogens is 1. The number of aromatic nitrogens is 6. The lowest BCUT2D eigenvalue weighted by Crippen LogP contribution is -2.03. The normalized spacial score (nSPS) is 11.6. The van der Waals surface area contributed by atoms with E-state index < -0.39 is 0 Å². The van der Waals surface area contributed by atoms with E-state index in [9.17, 15) is 0 Å². The van der Waals surface area contributed by atoms with Crippen molar-refractivity contribution in [3.8, 4) is 28.5 Å². The molecule has 0 saturated carbocycles. The molecule has 0 atom stereocenters. The van der Waals surface area contributed by atoms with Crippen molar-refractivity contribution in [2.75, 3.05) is 0 Å². The van der Waals surface area contributed by atoms with E-state index in [2.05, 4.69) is 280 Å². The zero-order valence-electron chi connectivity index (χ0n) is 47.5. The fourth-order valence-corrected chi connectivity index (χ4v) is 15.9. The predicted molar refractivity (Wildman–Crippen MR) is 394 cm³/mol. The van der Waals surface area contributed by atoms with Crippen molar-refractivity contribution in [3.63, 3.8) is 0 Å². The van der Waals surface area contributed by atoms with E-state index >= 15 is 0 Å². The molecule has 0 amide bonds. The molecule has 6 aromatic heterocycles. The number of hydrogen-bond donors (Lipinski definition) is 1. The van der Waals surface area contributed by atoms with E-state index in [4.69, 9.17) is 21.6 Å². The molecule has 432 valence electrons. The SMILES string of the molecule is C.C.Clc1nc(-c2ccc3ccccc3c2)c2c(n1)sc1ccccc12.c1ccc2c(c1)ccc1c2[nH]c2ccc3ccccc3c21.c1ccc2cc(-c3nc(-n4c5ccc6ccccc6c5c5ccc6ccccc6c54)nc4sc5ccccc5c34)ccc2c1. The number of nitrogens with one attached hydrogen (secondary N) is 1. The maximum atomic E-state index is 6.20. The van der Waals surface area contributed by atoms with E-state index in [-0.39, 0.29) is 20.1 Å².